The highest BCUT2D eigenvalue weighted by Crippen LogP contribution is 2.26. The van der Waals surface area contributed by atoms with Crippen molar-refractivity contribution in [1.29, 1.82) is 0 Å². The number of imidazole rings is 1. The molecule has 4 aromatic rings. The third-order valence-electron chi connectivity index (χ3n) is 4.73. The lowest BCUT2D eigenvalue weighted by molar-refractivity contribution is 0.0997. The fraction of sp³-hybridized carbons (Fsp3) is 0.0952. The Morgan fingerprint density at radius 1 is 1.19 bits per heavy atom. The SMILES string of the molecule is COc1ccccc1-n1c(=O)[nH]c2c(C(N)=O)nc(-c3cccc(CNC(=O)O)c3)nc21. The average molecular weight is 434 g/mol. The molecule has 0 aliphatic heterocycles. The van der Waals surface area contributed by atoms with Crippen LogP contribution in [0, 0.1) is 0 Å². The zero-order valence-electron chi connectivity index (χ0n) is 16.8. The molecular formula is C21H18N6O5. The molecule has 32 heavy (non-hydrogen) atoms. The second kappa shape index (κ2) is 8.22. The molecule has 0 aliphatic rings. The molecule has 162 valence electrons. The minimum absolute atomic E-state index is 0.0736. The van der Waals surface area contributed by atoms with Crippen LogP contribution in [0.15, 0.2) is 53.3 Å². The number of rotatable bonds is 6. The van der Waals surface area contributed by atoms with Crippen molar-refractivity contribution in [2.45, 2.75) is 6.54 Å². The lowest BCUT2D eigenvalue weighted by Gasteiger charge is -2.10. The number of methoxy groups -OCH3 is 1. The number of carbonyl (C=O) groups excluding carboxylic acids is 1. The van der Waals surface area contributed by atoms with Gasteiger partial charge in [0.15, 0.2) is 17.2 Å². The Bertz CT molecular complexity index is 1410. The van der Waals surface area contributed by atoms with E-state index < -0.39 is 17.7 Å². The molecule has 0 saturated carbocycles. The summed E-state index contributed by atoms with van der Waals surface area (Å²) in [6.45, 7) is 0.0736. The van der Waals surface area contributed by atoms with Crippen molar-refractivity contribution in [3.63, 3.8) is 0 Å². The molecular weight excluding hydrogens is 416 g/mol. The first-order chi connectivity index (χ1) is 15.4. The Morgan fingerprint density at radius 3 is 2.69 bits per heavy atom. The van der Waals surface area contributed by atoms with Gasteiger partial charge in [0, 0.05) is 12.1 Å². The minimum Gasteiger partial charge on any atom is -0.495 e. The van der Waals surface area contributed by atoms with Crippen molar-refractivity contribution in [2.24, 2.45) is 5.73 Å². The Hall–Kier alpha value is -4.67. The molecule has 4 rings (SSSR count). The second-order valence-electron chi connectivity index (χ2n) is 6.76. The predicted molar refractivity (Wildman–Crippen MR) is 115 cm³/mol. The number of hydrogen-bond acceptors (Lipinski definition) is 6. The Kier molecular flexibility index (Phi) is 5.29. The van der Waals surface area contributed by atoms with Crippen molar-refractivity contribution in [3.8, 4) is 22.8 Å². The average Bonchev–Trinajstić information content (AvgIpc) is 3.12. The van der Waals surface area contributed by atoms with Gasteiger partial charge >= 0.3 is 11.8 Å². The number of benzene rings is 2. The van der Waals surface area contributed by atoms with Crippen molar-refractivity contribution >= 4 is 23.2 Å². The van der Waals surface area contributed by atoms with Gasteiger partial charge in [-0.3, -0.25) is 4.79 Å². The van der Waals surface area contributed by atoms with E-state index in [1.54, 1.807) is 48.5 Å². The fourth-order valence-corrected chi connectivity index (χ4v) is 3.33. The summed E-state index contributed by atoms with van der Waals surface area (Å²) < 4.78 is 6.64. The third kappa shape index (κ3) is 3.74. The van der Waals surface area contributed by atoms with Gasteiger partial charge in [-0.1, -0.05) is 30.3 Å². The number of fused-ring (bicyclic) bond motifs is 1. The molecule has 0 unspecified atom stereocenters. The largest absolute Gasteiger partial charge is 0.495 e. The van der Waals surface area contributed by atoms with Crippen LogP contribution in [0.4, 0.5) is 4.79 Å². The van der Waals surface area contributed by atoms with Crippen LogP contribution in [-0.2, 0) is 6.54 Å². The molecule has 0 aliphatic carbocycles. The van der Waals surface area contributed by atoms with Gasteiger partial charge in [-0.25, -0.2) is 24.1 Å². The summed E-state index contributed by atoms with van der Waals surface area (Å²) in [6.07, 6.45) is -1.16. The van der Waals surface area contributed by atoms with Crippen LogP contribution in [-0.4, -0.2) is 43.7 Å². The number of ether oxygens (including phenoxy) is 1. The van der Waals surface area contributed by atoms with E-state index >= 15 is 0 Å². The molecule has 5 N–H and O–H groups in total. The number of hydrogen-bond donors (Lipinski definition) is 4. The lowest BCUT2D eigenvalue weighted by Crippen LogP contribution is -2.19. The first-order valence-corrected chi connectivity index (χ1v) is 9.41. The van der Waals surface area contributed by atoms with E-state index in [4.69, 9.17) is 15.6 Å². The molecule has 0 bridgehead atoms. The maximum Gasteiger partial charge on any atom is 0.404 e. The van der Waals surface area contributed by atoms with Gasteiger partial charge in [-0.2, -0.15) is 0 Å². The van der Waals surface area contributed by atoms with Gasteiger partial charge in [0.05, 0.1) is 12.8 Å². The van der Waals surface area contributed by atoms with Crippen molar-refractivity contribution in [2.75, 3.05) is 7.11 Å². The Labute approximate surface area is 180 Å². The summed E-state index contributed by atoms with van der Waals surface area (Å²) in [6, 6.07) is 13.7. The highest BCUT2D eigenvalue weighted by molar-refractivity contribution is 6.02. The minimum atomic E-state index is -1.16. The van der Waals surface area contributed by atoms with Crippen molar-refractivity contribution in [1.82, 2.24) is 24.8 Å². The van der Waals surface area contributed by atoms with Crippen LogP contribution < -0.4 is 21.5 Å². The second-order valence-corrected chi connectivity index (χ2v) is 6.76. The van der Waals surface area contributed by atoms with E-state index in [0.717, 1.165) is 0 Å². The molecule has 2 amide bonds. The summed E-state index contributed by atoms with van der Waals surface area (Å²) in [5, 5.41) is 11.1. The van der Waals surface area contributed by atoms with Gasteiger partial charge in [-0.05, 0) is 23.8 Å². The quantitative estimate of drug-likeness (QED) is 0.358. The molecule has 11 nitrogen and oxygen atoms in total. The molecule has 2 heterocycles. The van der Waals surface area contributed by atoms with Crippen LogP contribution in [0.3, 0.4) is 0 Å². The van der Waals surface area contributed by atoms with Gasteiger partial charge in [0.25, 0.3) is 5.91 Å². The molecule has 0 spiro atoms. The molecule has 2 aromatic carbocycles. The molecule has 0 radical (unpaired) electrons. The number of carbonyl (C=O) groups is 2. The summed E-state index contributed by atoms with van der Waals surface area (Å²) in [5.74, 6) is -0.264. The number of nitrogens with zero attached hydrogens (tertiary/aromatic N) is 3. The van der Waals surface area contributed by atoms with Gasteiger partial charge in [0.2, 0.25) is 0 Å². The monoisotopic (exact) mass is 434 g/mol. The van der Waals surface area contributed by atoms with Gasteiger partial charge < -0.3 is 25.9 Å². The number of nitrogens with one attached hydrogen (secondary N) is 2. The number of nitrogens with two attached hydrogens (primary N) is 1. The van der Waals surface area contributed by atoms with Gasteiger partial charge in [0.1, 0.15) is 11.3 Å². The van der Waals surface area contributed by atoms with Crippen LogP contribution >= 0.6 is 0 Å². The summed E-state index contributed by atoms with van der Waals surface area (Å²) in [5.41, 5.74) is 6.68. The Morgan fingerprint density at radius 2 is 1.97 bits per heavy atom. The topological polar surface area (TPSA) is 165 Å². The number of primary amides is 1. The highest BCUT2D eigenvalue weighted by atomic mass is 16.5. The molecule has 0 fully saturated rings. The van der Waals surface area contributed by atoms with Crippen LogP contribution in [0.2, 0.25) is 0 Å². The van der Waals surface area contributed by atoms with E-state index in [1.165, 1.54) is 11.7 Å². The lowest BCUT2D eigenvalue weighted by atomic mass is 10.1. The van der Waals surface area contributed by atoms with Crippen molar-refractivity contribution in [3.05, 3.63) is 70.3 Å². The number of amides is 2. The standard InChI is InChI=1S/C21H18N6O5/c1-32-14-8-3-2-7-13(14)27-19-16(25-20(27)29)15(17(22)28)24-18(26-19)12-6-4-5-11(9-12)10-23-21(30)31/h2-9,23H,10H2,1H3,(H2,22,28)(H,25,29)(H,30,31). The zero-order valence-corrected chi connectivity index (χ0v) is 16.8. The summed E-state index contributed by atoms with van der Waals surface area (Å²) >= 11 is 0. The van der Waals surface area contributed by atoms with Crippen LogP contribution in [0.1, 0.15) is 16.1 Å². The summed E-state index contributed by atoms with van der Waals surface area (Å²) in [7, 11) is 1.48. The highest BCUT2D eigenvalue weighted by Gasteiger charge is 2.21. The summed E-state index contributed by atoms with van der Waals surface area (Å²) in [4.78, 5) is 47.1. The number of aromatic nitrogens is 4. The molecule has 11 heteroatoms. The number of carboxylic acid groups (broad SMARTS) is 1. The van der Waals surface area contributed by atoms with E-state index in [1.807, 2.05) is 0 Å². The Balaban J connectivity index is 1.95. The third-order valence-corrected chi connectivity index (χ3v) is 4.73. The van der Waals surface area contributed by atoms with E-state index in [-0.39, 0.29) is 29.2 Å². The molecule has 0 saturated heterocycles. The van der Waals surface area contributed by atoms with E-state index in [0.29, 0.717) is 22.6 Å². The normalized spacial score (nSPS) is 10.8. The number of H-pyrrole nitrogens is 1. The first kappa shape index (κ1) is 20.6. The number of aromatic amines is 1. The maximum absolute atomic E-state index is 12.8. The van der Waals surface area contributed by atoms with Crippen LogP contribution in [0.25, 0.3) is 28.2 Å². The van der Waals surface area contributed by atoms with E-state index in [2.05, 4.69) is 20.3 Å². The molecule has 2 aromatic heterocycles. The van der Waals surface area contributed by atoms with Crippen LogP contribution in [0.5, 0.6) is 5.75 Å². The van der Waals surface area contributed by atoms with E-state index in [9.17, 15) is 14.4 Å². The molecule has 0 atom stereocenters. The smallest absolute Gasteiger partial charge is 0.404 e. The fourth-order valence-electron chi connectivity index (χ4n) is 3.33. The van der Waals surface area contributed by atoms with Crippen molar-refractivity contribution < 1.29 is 19.4 Å². The predicted octanol–water partition coefficient (Wildman–Crippen LogP) is 1.65. The number of para-hydroxylation sites is 2. The maximum atomic E-state index is 12.8. The zero-order chi connectivity index (χ0) is 22.8. The van der Waals surface area contributed by atoms with Gasteiger partial charge in [-0.15, -0.1) is 0 Å². The first-order valence-electron chi connectivity index (χ1n) is 9.41.